The first-order chi connectivity index (χ1) is 8.86. The van der Waals surface area contributed by atoms with Crippen LogP contribution in [0.4, 0.5) is 4.79 Å². The summed E-state index contributed by atoms with van der Waals surface area (Å²) in [7, 11) is 0. The summed E-state index contributed by atoms with van der Waals surface area (Å²) >= 11 is 6.02. The van der Waals surface area contributed by atoms with Crippen molar-refractivity contribution >= 4 is 29.5 Å². The van der Waals surface area contributed by atoms with Crippen molar-refractivity contribution in [1.82, 2.24) is 10.2 Å². The molecule has 0 radical (unpaired) electrons. The number of carbonyl (C=O) groups excluding carboxylic acids is 2. The van der Waals surface area contributed by atoms with Crippen LogP contribution in [0.1, 0.15) is 12.5 Å². The van der Waals surface area contributed by atoms with Gasteiger partial charge in [-0.3, -0.25) is 14.5 Å². The predicted octanol–water partition coefficient (Wildman–Crippen LogP) is 1.19. The second-order valence-electron chi connectivity index (χ2n) is 4.32. The molecule has 1 aliphatic heterocycles. The first-order valence-corrected chi connectivity index (χ1v) is 5.85. The van der Waals surface area contributed by atoms with Crippen LogP contribution in [0.15, 0.2) is 24.3 Å². The van der Waals surface area contributed by atoms with Gasteiger partial charge >= 0.3 is 12.0 Å². The van der Waals surface area contributed by atoms with Gasteiger partial charge in [-0.05, 0) is 13.0 Å². The minimum Gasteiger partial charge on any atom is -0.480 e. The first kappa shape index (κ1) is 13.4. The number of carboxylic acid groups (broad SMARTS) is 1. The van der Waals surface area contributed by atoms with Gasteiger partial charge in [-0.25, -0.2) is 4.79 Å². The van der Waals surface area contributed by atoms with E-state index in [4.69, 9.17) is 16.7 Å². The number of hydrogen-bond donors (Lipinski definition) is 2. The monoisotopic (exact) mass is 282 g/mol. The van der Waals surface area contributed by atoms with E-state index < -0.39 is 30.0 Å². The zero-order chi connectivity index (χ0) is 14.2. The molecule has 1 fully saturated rings. The largest absolute Gasteiger partial charge is 0.480 e. The van der Waals surface area contributed by atoms with E-state index >= 15 is 0 Å². The zero-order valence-electron chi connectivity index (χ0n) is 10.0. The van der Waals surface area contributed by atoms with E-state index in [1.54, 1.807) is 24.3 Å². The summed E-state index contributed by atoms with van der Waals surface area (Å²) in [4.78, 5) is 35.3. The molecule has 2 rings (SSSR count). The Morgan fingerprint density at radius 3 is 2.63 bits per heavy atom. The summed E-state index contributed by atoms with van der Waals surface area (Å²) in [6.45, 7) is 0.820. The van der Waals surface area contributed by atoms with Crippen LogP contribution in [-0.2, 0) is 15.1 Å². The minimum atomic E-state index is -1.34. The van der Waals surface area contributed by atoms with Crippen molar-refractivity contribution < 1.29 is 19.5 Å². The average molecular weight is 283 g/mol. The number of halogens is 1. The minimum absolute atomic E-state index is 0.329. The SMILES string of the molecule is CC1(c2ccccc2Cl)NC(=O)N(CC(=O)O)C1=O. The summed E-state index contributed by atoms with van der Waals surface area (Å²) in [6, 6.07) is 5.86. The Balaban J connectivity index is 2.41. The number of urea groups is 1. The molecular formula is C12H11ClN2O4. The number of carboxylic acids is 1. The fourth-order valence-electron chi connectivity index (χ4n) is 2.03. The van der Waals surface area contributed by atoms with Crippen LogP contribution in [0, 0.1) is 0 Å². The smallest absolute Gasteiger partial charge is 0.325 e. The molecule has 3 amide bonds. The molecule has 0 aromatic heterocycles. The molecule has 6 nitrogen and oxygen atoms in total. The lowest BCUT2D eigenvalue weighted by atomic mass is 9.92. The first-order valence-electron chi connectivity index (χ1n) is 5.47. The van der Waals surface area contributed by atoms with Gasteiger partial charge in [0.15, 0.2) is 0 Å². The number of aliphatic carboxylic acids is 1. The van der Waals surface area contributed by atoms with Gasteiger partial charge < -0.3 is 10.4 Å². The van der Waals surface area contributed by atoms with Crippen molar-refractivity contribution in [3.63, 3.8) is 0 Å². The predicted molar refractivity (Wildman–Crippen MR) is 66.7 cm³/mol. The standard InChI is InChI=1S/C12H11ClN2O4/c1-12(7-4-2-3-5-8(7)13)10(18)15(6-9(16)17)11(19)14-12/h2-5H,6H2,1H3,(H,14,19)(H,16,17). The van der Waals surface area contributed by atoms with Gasteiger partial charge in [0.05, 0.1) is 0 Å². The number of imide groups is 1. The molecule has 7 heteroatoms. The molecule has 1 aliphatic rings. The van der Waals surface area contributed by atoms with Gasteiger partial charge in [-0.2, -0.15) is 0 Å². The van der Waals surface area contributed by atoms with E-state index in [1.165, 1.54) is 6.92 Å². The summed E-state index contributed by atoms with van der Waals surface area (Å²) in [5, 5.41) is 11.5. The van der Waals surface area contributed by atoms with E-state index in [0.29, 0.717) is 15.5 Å². The molecule has 0 spiro atoms. The summed E-state index contributed by atoms with van der Waals surface area (Å²) in [5.41, 5.74) is -0.909. The van der Waals surface area contributed by atoms with E-state index in [-0.39, 0.29) is 0 Å². The summed E-state index contributed by atoms with van der Waals surface area (Å²) in [6.07, 6.45) is 0. The molecular weight excluding hydrogens is 272 g/mol. The highest BCUT2D eigenvalue weighted by Gasteiger charge is 2.50. The van der Waals surface area contributed by atoms with Gasteiger partial charge in [0.25, 0.3) is 5.91 Å². The van der Waals surface area contributed by atoms with Crippen LogP contribution >= 0.6 is 11.6 Å². The molecule has 1 saturated heterocycles. The lowest BCUT2D eigenvalue weighted by Crippen LogP contribution is -2.41. The van der Waals surface area contributed by atoms with Crippen LogP contribution in [0.2, 0.25) is 5.02 Å². The van der Waals surface area contributed by atoms with Crippen molar-refractivity contribution in [1.29, 1.82) is 0 Å². The van der Waals surface area contributed by atoms with Crippen LogP contribution in [-0.4, -0.2) is 34.5 Å². The zero-order valence-corrected chi connectivity index (χ0v) is 10.8. The Morgan fingerprint density at radius 2 is 2.05 bits per heavy atom. The lowest BCUT2D eigenvalue weighted by molar-refractivity contribution is -0.142. The summed E-state index contributed by atoms with van der Waals surface area (Å²) < 4.78 is 0. The molecule has 100 valence electrons. The molecule has 0 saturated carbocycles. The fourth-order valence-corrected chi connectivity index (χ4v) is 2.35. The fraction of sp³-hybridized carbons (Fsp3) is 0.250. The second kappa shape index (κ2) is 4.55. The third-order valence-corrected chi connectivity index (χ3v) is 3.31. The van der Waals surface area contributed by atoms with Crippen LogP contribution in [0.25, 0.3) is 0 Å². The van der Waals surface area contributed by atoms with Gasteiger partial charge in [0.1, 0.15) is 12.1 Å². The number of nitrogens with one attached hydrogen (secondary N) is 1. The highest BCUT2D eigenvalue weighted by atomic mass is 35.5. The maximum atomic E-state index is 12.2. The van der Waals surface area contributed by atoms with Gasteiger partial charge in [-0.1, -0.05) is 29.8 Å². The molecule has 0 aliphatic carbocycles. The average Bonchev–Trinajstić information content (AvgIpc) is 2.54. The van der Waals surface area contributed by atoms with E-state index in [0.717, 1.165) is 0 Å². The Hall–Kier alpha value is -2.08. The molecule has 19 heavy (non-hydrogen) atoms. The summed E-state index contributed by atoms with van der Waals surface area (Å²) in [5.74, 6) is -1.89. The normalized spacial score (nSPS) is 22.5. The molecule has 1 aromatic rings. The third-order valence-electron chi connectivity index (χ3n) is 2.98. The number of carbonyl (C=O) groups is 3. The second-order valence-corrected chi connectivity index (χ2v) is 4.73. The van der Waals surface area contributed by atoms with Gasteiger partial charge in [-0.15, -0.1) is 0 Å². The maximum absolute atomic E-state index is 12.2. The molecule has 1 atom stereocenters. The highest BCUT2D eigenvalue weighted by Crippen LogP contribution is 2.33. The Bertz CT molecular complexity index is 575. The molecule has 0 bridgehead atoms. The van der Waals surface area contributed by atoms with Crippen LogP contribution in [0.5, 0.6) is 0 Å². The van der Waals surface area contributed by atoms with E-state index in [1.807, 2.05) is 0 Å². The van der Waals surface area contributed by atoms with Crippen molar-refractivity contribution in [3.8, 4) is 0 Å². The van der Waals surface area contributed by atoms with E-state index in [9.17, 15) is 14.4 Å². The molecule has 2 N–H and O–H groups in total. The van der Waals surface area contributed by atoms with Gasteiger partial charge in [0, 0.05) is 10.6 Å². The molecule has 1 aromatic carbocycles. The number of amides is 3. The quantitative estimate of drug-likeness (QED) is 0.815. The Morgan fingerprint density at radius 1 is 1.42 bits per heavy atom. The van der Waals surface area contributed by atoms with Crippen LogP contribution < -0.4 is 5.32 Å². The number of benzene rings is 1. The molecule has 1 unspecified atom stereocenters. The van der Waals surface area contributed by atoms with Crippen molar-refractivity contribution in [2.75, 3.05) is 6.54 Å². The topological polar surface area (TPSA) is 86.7 Å². The van der Waals surface area contributed by atoms with Gasteiger partial charge in [0.2, 0.25) is 0 Å². The number of nitrogens with zero attached hydrogens (tertiary/aromatic N) is 1. The van der Waals surface area contributed by atoms with Crippen molar-refractivity contribution in [2.24, 2.45) is 0 Å². The Labute approximate surface area is 114 Å². The molecule has 1 heterocycles. The van der Waals surface area contributed by atoms with Crippen molar-refractivity contribution in [3.05, 3.63) is 34.9 Å². The lowest BCUT2D eigenvalue weighted by Gasteiger charge is -2.23. The third kappa shape index (κ3) is 2.15. The van der Waals surface area contributed by atoms with E-state index in [2.05, 4.69) is 5.32 Å². The van der Waals surface area contributed by atoms with Crippen molar-refractivity contribution in [2.45, 2.75) is 12.5 Å². The van der Waals surface area contributed by atoms with Crippen LogP contribution in [0.3, 0.4) is 0 Å². The maximum Gasteiger partial charge on any atom is 0.325 e. The number of hydrogen-bond acceptors (Lipinski definition) is 3. The Kier molecular flexibility index (Phi) is 3.20. The highest BCUT2D eigenvalue weighted by molar-refractivity contribution is 6.32. The number of rotatable bonds is 3.